The van der Waals surface area contributed by atoms with Crippen LogP contribution in [0, 0.1) is 0 Å². The van der Waals surface area contributed by atoms with Crippen LogP contribution in [0.1, 0.15) is 33.1 Å². The minimum absolute atomic E-state index is 0.154. The summed E-state index contributed by atoms with van der Waals surface area (Å²) in [5.41, 5.74) is 1.78. The van der Waals surface area contributed by atoms with Crippen molar-refractivity contribution >= 4 is 17.7 Å². The van der Waals surface area contributed by atoms with E-state index in [0.717, 1.165) is 36.4 Å². The fourth-order valence-corrected chi connectivity index (χ4v) is 4.65. The Bertz CT molecular complexity index is 1010. The van der Waals surface area contributed by atoms with E-state index < -0.39 is 0 Å². The second kappa shape index (κ2) is 9.96. The third kappa shape index (κ3) is 4.90. The number of carbonyl (C=O) groups is 1. The van der Waals surface area contributed by atoms with Gasteiger partial charge in [0.05, 0.1) is 12.4 Å². The van der Waals surface area contributed by atoms with Gasteiger partial charge in [-0.15, -0.1) is 10.2 Å². The molecule has 8 heteroatoms. The van der Waals surface area contributed by atoms with Gasteiger partial charge in [0.2, 0.25) is 5.91 Å². The summed E-state index contributed by atoms with van der Waals surface area (Å²) in [5, 5.41) is 9.51. The zero-order valence-electron chi connectivity index (χ0n) is 17.9. The van der Waals surface area contributed by atoms with Crippen molar-refractivity contribution in [1.29, 1.82) is 0 Å². The number of rotatable bonds is 7. The molecule has 7 nitrogen and oxygen atoms in total. The van der Waals surface area contributed by atoms with Crippen molar-refractivity contribution < 1.29 is 9.53 Å². The molecule has 0 radical (unpaired) electrons. The number of aromatic nitrogens is 4. The molecule has 1 aromatic carbocycles. The van der Waals surface area contributed by atoms with Crippen LogP contribution in [0.2, 0.25) is 0 Å². The molecule has 0 aliphatic carbocycles. The van der Waals surface area contributed by atoms with E-state index in [2.05, 4.69) is 22.1 Å². The third-order valence-corrected chi connectivity index (χ3v) is 6.32. The quantitative estimate of drug-likeness (QED) is 0.515. The van der Waals surface area contributed by atoms with Crippen molar-refractivity contribution in [3.05, 3.63) is 48.8 Å². The molecular weight excluding hydrogens is 410 g/mol. The van der Waals surface area contributed by atoms with Crippen LogP contribution in [0.5, 0.6) is 5.75 Å². The van der Waals surface area contributed by atoms with Gasteiger partial charge in [-0.2, -0.15) is 0 Å². The average molecular weight is 438 g/mol. The van der Waals surface area contributed by atoms with E-state index in [9.17, 15) is 4.79 Å². The zero-order chi connectivity index (χ0) is 21.6. The summed E-state index contributed by atoms with van der Waals surface area (Å²) < 4.78 is 7.55. The number of thioether (sulfide) groups is 1. The second-order valence-corrected chi connectivity index (χ2v) is 8.47. The molecule has 1 aliphatic rings. The van der Waals surface area contributed by atoms with Crippen molar-refractivity contribution in [2.24, 2.45) is 0 Å². The number of ether oxygens (including phenoxy) is 1. The Morgan fingerprint density at radius 3 is 2.74 bits per heavy atom. The molecule has 3 heterocycles. The Balaban J connectivity index is 1.61. The van der Waals surface area contributed by atoms with Crippen molar-refractivity contribution in [2.75, 3.05) is 18.9 Å². The van der Waals surface area contributed by atoms with Crippen LogP contribution in [-0.2, 0) is 4.79 Å². The van der Waals surface area contributed by atoms with Crippen LogP contribution in [0.4, 0.5) is 0 Å². The molecule has 1 saturated heterocycles. The number of pyridine rings is 1. The Morgan fingerprint density at radius 1 is 1.19 bits per heavy atom. The van der Waals surface area contributed by atoms with E-state index in [-0.39, 0.29) is 5.91 Å². The normalized spacial score (nSPS) is 16.3. The van der Waals surface area contributed by atoms with Gasteiger partial charge in [0.1, 0.15) is 5.75 Å². The standard InChI is InChI=1S/C23H27N5O2S/c1-3-30-20-11-9-19(10-12-20)28-22(18-8-6-13-24-15-18)25-26-23(28)31-16-21(29)27-14-5-4-7-17(27)2/h6,8-13,15,17H,3-5,7,14,16H2,1-2H3. The molecule has 4 rings (SSSR count). The van der Waals surface area contributed by atoms with Crippen LogP contribution in [0.25, 0.3) is 17.1 Å². The lowest BCUT2D eigenvalue weighted by molar-refractivity contribution is -0.131. The molecule has 0 spiro atoms. The van der Waals surface area contributed by atoms with Crippen LogP contribution in [-0.4, -0.2) is 55.5 Å². The Kier molecular flexibility index (Phi) is 6.86. The number of likely N-dealkylation sites (tertiary alicyclic amines) is 1. The minimum atomic E-state index is 0.154. The Morgan fingerprint density at radius 2 is 2.03 bits per heavy atom. The van der Waals surface area contributed by atoms with Gasteiger partial charge in [0, 0.05) is 36.2 Å². The molecule has 0 N–H and O–H groups in total. The van der Waals surface area contributed by atoms with E-state index in [4.69, 9.17) is 4.74 Å². The molecule has 1 aliphatic heterocycles. The van der Waals surface area contributed by atoms with Crippen molar-refractivity contribution in [3.8, 4) is 22.8 Å². The summed E-state index contributed by atoms with van der Waals surface area (Å²) in [4.78, 5) is 19.1. The topological polar surface area (TPSA) is 73.1 Å². The molecule has 31 heavy (non-hydrogen) atoms. The highest BCUT2D eigenvalue weighted by Crippen LogP contribution is 2.29. The van der Waals surface area contributed by atoms with Gasteiger partial charge in [0.25, 0.3) is 0 Å². The van der Waals surface area contributed by atoms with Crippen molar-refractivity contribution in [1.82, 2.24) is 24.6 Å². The molecular formula is C23H27N5O2S. The van der Waals surface area contributed by atoms with Crippen LogP contribution in [0.3, 0.4) is 0 Å². The van der Waals surface area contributed by atoms with Crippen LogP contribution >= 0.6 is 11.8 Å². The average Bonchev–Trinajstić information content (AvgIpc) is 3.23. The molecule has 2 aromatic heterocycles. The number of piperidine rings is 1. The number of nitrogens with zero attached hydrogens (tertiary/aromatic N) is 5. The number of hydrogen-bond donors (Lipinski definition) is 0. The van der Waals surface area contributed by atoms with E-state index in [1.54, 1.807) is 12.4 Å². The first-order valence-corrected chi connectivity index (χ1v) is 11.7. The minimum Gasteiger partial charge on any atom is -0.494 e. The highest BCUT2D eigenvalue weighted by atomic mass is 32.2. The molecule has 1 amide bonds. The summed E-state index contributed by atoms with van der Waals surface area (Å²) in [6.45, 7) is 5.55. The molecule has 1 fully saturated rings. The van der Waals surface area contributed by atoms with E-state index in [1.807, 2.05) is 52.8 Å². The van der Waals surface area contributed by atoms with E-state index in [0.29, 0.717) is 29.4 Å². The predicted octanol–water partition coefficient (Wildman–Crippen LogP) is 4.22. The first-order chi connectivity index (χ1) is 15.2. The predicted molar refractivity (Wildman–Crippen MR) is 122 cm³/mol. The summed E-state index contributed by atoms with van der Waals surface area (Å²) in [7, 11) is 0. The summed E-state index contributed by atoms with van der Waals surface area (Å²) >= 11 is 1.42. The second-order valence-electron chi connectivity index (χ2n) is 7.53. The zero-order valence-corrected chi connectivity index (χ0v) is 18.7. The van der Waals surface area contributed by atoms with Gasteiger partial charge in [-0.3, -0.25) is 14.3 Å². The van der Waals surface area contributed by atoms with E-state index >= 15 is 0 Å². The summed E-state index contributed by atoms with van der Waals surface area (Å²) in [6.07, 6.45) is 6.84. The van der Waals surface area contributed by atoms with Crippen molar-refractivity contribution in [2.45, 2.75) is 44.3 Å². The molecule has 0 bridgehead atoms. The summed E-state index contributed by atoms with van der Waals surface area (Å²) in [5.74, 6) is 2.00. The summed E-state index contributed by atoms with van der Waals surface area (Å²) in [6, 6.07) is 12.0. The van der Waals surface area contributed by atoms with Crippen LogP contribution < -0.4 is 4.74 Å². The number of benzene rings is 1. The SMILES string of the molecule is CCOc1ccc(-n2c(SCC(=O)N3CCCCC3C)nnc2-c2cccnc2)cc1. The highest BCUT2D eigenvalue weighted by molar-refractivity contribution is 7.99. The maximum absolute atomic E-state index is 12.8. The lowest BCUT2D eigenvalue weighted by Crippen LogP contribution is -2.42. The first kappa shape index (κ1) is 21.4. The maximum Gasteiger partial charge on any atom is 0.233 e. The van der Waals surface area contributed by atoms with Gasteiger partial charge in [-0.05, 0) is 69.5 Å². The van der Waals surface area contributed by atoms with Gasteiger partial charge in [-0.25, -0.2) is 0 Å². The monoisotopic (exact) mass is 437 g/mol. The Hall–Kier alpha value is -2.87. The Labute approximate surface area is 186 Å². The molecule has 162 valence electrons. The number of hydrogen-bond acceptors (Lipinski definition) is 6. The smallest absolute Gasteiger partial charge is 0.233 e. The number of amides is 1. The van der Waals surface area contributed by atoms with Gasteiger partial charge < -0.3 is 9.64 Å². The molecule has 1 unspecified atom stereocenters. The molecule has 0 saturated carbocycles. The lowest BCUT2D eigenvalue weighted by atomic mass is 10.0. The lowest BCUT2D eigenvalue weighted by Gasteiger charge is -2.33. The number of carbonyl (C=O) groups excluding carboxylic acids is 1. The molecule has 3 aromatic rings. The molecule has 1 atom stereocenters. The highest BCUT2D eigenvalue weighted by Gasteiger charge is 2.24. The fourth-order valence-electron chi connectivity index (χ4n) is 3.81. The largest absolute Gasteiger partial charge is 0.494 e. The fraction of sp³-hybridized carbons (Fsp3) is 0.391. The van der Waals surface area contributed by atoms with Gasteiger partial charge in [-0.1, -0.05) is 11.8 Å². The maximum atomic E-state index is 12.8. The van der Waals surface area contributed by atoms with Crippen LogP contribution in [0.15, 0.2) is 53.9 Å². The van der Waals surface area contributed by atoms with Gasteiger partial charge in [0.15, 0.2) is 11.0 Å². The van der Waals surface area contributed by atoms with Gasteiger partial charge >= 0.3 is 0 Å². The van der Waals surface area contributed by atoms with E-state index in [1.165, 1.54) is 18.2 Å². The van der Waals surface area contributed by atoms with Crippen molar-refractivity contribution in [3.63, 3.8) is 0 Å². The third-order valence-electron chi connectivity index (χ3n) is 5.41. The first-order valence-electron chi connectivity index (χ1n) is 10.7.